The Labute approximate surface area is 120 Å². The van der Waals surface area contributed by atoms with Crippen LogP contribution in [-0.2, 0) is 13.5 Å². The summed E-state index contributed by atoms with van der Waals surface area (Å²) in [5, 5.41) is 8.08. The number of nitrogen functional groups attached to an aromatic ring is 1. The maximum atomic E-state index is 6.05. The molecule has 0 saturated heterocycles. The molecule has 0 unspecified atom stereocenters. The van der Waals surface area contributed by atoms with Gasteiger partial charge in [-0.05, 0) is 12.1 Å². The molecule has 4 N–H and O–H groups in total. The van der Waals surface area contributed by atoms with Crippen molar-refractivity contribution in [3.63, 3.8) is 0 Å². The number of nitrogens with one attached hydrogen (secondary N) is 2. The van der Waals surface area contributed by atoms with Gasteiger partial charge >= 0.3 is 0 Å². The van der Waals surface area contributed by atoms with Gasteiger partial charge in [-0.2, -0.15) is 5.10 Å². The number of nitrogens with two attached hydrogens (primary N) is 1. The molecule has 0 saturated carbocycles. The zero-order valence-corrected chi connectivity index (χ0v) is 11.8. The Morgan fingerprint density at radius 1 is 1.32 bits per heavy atom. The van der Waals surface area contributed by atoms with Crippen molar-refractivity contribution >= 4 is 34.8 Å². The smallest absolute Gasteiger partial charge is 0.161 e. The van der Waals surface area contributed by atoms with Crippen LogP contribution >= 0.6 is 23.2 Å². The third kappa shape index (κ3) is 3.28. The Bertz CT molecular complexity index is 568. The molecule has 0 aromatic carbocycles. The quantitative estimate of drug-likeness (QED) is 0.582. The van der Waals surface area contributed by atoms with Crippen LogP contribution in [-0.4, -0.2) is 21.3 Å². The predicted molar refractivity (Wildman–Crippen MR) is 77.5 cm³/mol. The van der Waals surface area contributed by atoms with Gasteiger partial charge in [-0.1, -0.05) is 23.2 Å². The summed E-state index contributed by atoms with van der Waals surface area (Å²) in [5.41, 5.74) is 3.54. The lowest BCUT2D eigenvalue weighted by molar-refractivity contribution is 0.711. The molecule has 0 fully saturated rings. The Morgan fingerprint density at radius 2 is 2.05 bits per heavy atom. The van der Waals surface area contributed by atoms with Crippen LogP contribution in [0.5, 0.6) is 0 Å². The Hall–Kier alpha value is -1.50. The number of rotatable bonds is 5. The van der Waals surface area contributed by atoms with E-state index in [1.165, 1.54) is 0 Å². The van der Waals surface area contributed by atoms with Crippen molar-refractivity contribution in [1.29, 1.82) is 0 Å². The first-order valence-electron chi connectivity index (χ1n) is 5.65. The maximum absolute atomic E-state index is 6.05. The largest absolute Gasteiger partial charge is 0.368 e. The van der Waals surface area contributed by atoms with E-state index in [4.69, 9.17) is 29.0 Å². The number of aryl methyl sites for hydroxylation is 1. The summed E-state index contributed by atoms with van der Waals surface area (Å²) < 4.78 is 1.82. The van der Waals surface area contributed by atoms with Gasteiger partial charge in [0.05, 0.1) is 10.0 Å². The van der Waals surface area contributed by atoms with Crippen molar-refractivity contribution < 1.29 is 0 Å². The van der Waals surface area contributed by atoms with Crippen molar-refractivity contribution in [3.05, 3.63) is 34.1 Å². The van der Waals surface area contributed by atoms with E-state index >= 15 is 0 Å². The molecule has 0 spiro atoms. The second-order valence-corrected chi connectivity index (χ2v) is 4.73. The van der Waals surface area contributed by atoms with Gasteiger partial charge in [0.2, 0.25) is 0 Å². The molecule has 2 heterocycles. The van der Waals surface area contributed by atoms with Gasteiger partial charge < -0.3 is 10.7 Å². The fourth-order valence-corrected chi connectivity index (χ4v) is 2.13. The summed E-state index contributed by atoms with van der Waals surface area (Å²) in [6, 6.07) is 3.56. The minimum atomic E-state index is 0.379. The van der Waals surface area contributed by atoms with Crippen molar-refractivity contribution in [2.24, 2.45) is 12.9 Å². The minimum Gasteiger partial charge on any atom is -0.368 e. The molecule has 0 aliphatic rings. The fourth-order valence-electron chi connectivity index (χ4n) is 1.65. The van der Waals surface area contributed by atoms with E-state index < -0.39 is 0 Å². The van der Waals surface area contributed by atoms with E-state index in [0.29, 0.717) is 28.2 Å². The summed E-state index contributed by atoms with van der Waals surface area (Å²) >= 11 is 12.0. The van der Waals surface area contributed by atoms with Crippen LogP contribution in [0.1, 0.15) is 5.69 Å². The topological polar surface area (TPSA) is 80.8 Å². The molecule has 0 radical (unpaired) electrons. The van der Waals surface area contributed by atoms with Gasteiger partial charge in [-0.3, -0.25) is 4.68 Å². The Morgan fingerprint density at radius 3 is 2.68 bits per heavy atom. The number of hydrogen-bond donors (Lipinski definition) is 3. The molecule has 2 aromatic rings. The van der Waals surface area contributed by atoms with Crippen LogP contribution < -0.4 is 16.6 Å². The third-order valence-electron chi connectivity index (χ3n) is 2.66. The van der Waals surface area contributed by atoms with E-state index in [0.717, 1.165) is 12.1 Å². The number of pyridine rings is 1. The van der Waals surface area contributed by atoms with E-state index in [1.54, 1.807) is 12.3 Å². The summed E-state index contributed by atoms with van der Waals surface area (Å²) in [4.78, 5) is 4.20. The molecule has 0 amide bonds. The van der Waals surface area contributed by atoms with Crippen LogP contribution in [0.3, 0.4) is 0 Å². The highest BCUT2D eigenvalue weighted by Crippen LogP contribution is 2.28. The highest BCUT2D eigenvalue weighted by molar-refractivity contribution is 6.37. The molecule has 0 aliphatic carbocycles. The molecular weight excluding hydrogens is 287 g/mol. The molecule has 19 heavy (non-hydrogen) atoms. The van der Waals surface area contributed by atoms with E-state index in [-0.39, 0.29) is 0 Å². The zero-order chi connectivity index (χ0) is 13.8. The highest BCUT2D eigenvalue weighted by atomic mass is 35.5. The Kier molecular flexibility index (Phi) is 4.47. The van der Waals surface area contributed by atoms with Crippen LogP contribution in [0.2, 0.25) is 10.0 Å². The average Bonchev–Trinajstić information content (AvgIpc) is 2.78. The molecule has 0 bridgehead atoms. The predicted octanol–water partition coefficient (Wildman–Crippen LogP) is 2.06. The summed E-state index contributed by atoms with van der Waals surface area (Å²) in [6.45, 7) is 0.678. The van der Waals surface area contributed by atoms with E-state index in [9.17, 15) is 0 Å². The highest BCUT2D eigenvalue weighted by Gasteiger charge is 2.08. The van der Waals surface area contributed by atoms with Gasteiger partial charge in [-0.25, -0.2) is 10.8 Å². The lowest BCUT2D eigenvalue weighted by Gasteiger charge is -2.10. The molecule has 6 nitrogen and oxygen atoms in total. The first kappa shape index (κ1) is 13.9. The second-order valence-electron chi connectivity index (χ2n) is 3.92. The number of halogens is 2. The second kappa shape index (κ2) is 6.10. The SMILES string of the molecule is Cn1nccc1CCNc1nc(NN)c(Cl)cc1Cl. The van der Waals surface area contributed by atoms with Crippen molar-refractivity contribution in [1.82, 2.24) is 14.8 Å². The Balaban J connectivity index is 2.01. The van der Waals surface area contributed by atoms with Gasteiger partial charge in [0.15, 0.2) is 5.82 Å². The number of anilines is 2. The van der Waals surface area contributed by atoms with Gasteiger partial charge in [0, 0.05) is 31.9 Å². The molecule has 0 atom stereocenters. The van der Waals surface area contributed by atoms with Crippen molar-refractivity contribution in [2.45, 2.75) is 6.42 Å². The molecule has 0 aliphatic heterocycles. The van der Waals surface area contributed by atoms with Gasteiger partial charge in [0.25, 0.3) is 0 Å². The maximum Gasteiger partial charge on any atom is 0.161 e. The molecular formula is C11H14Cl2N6. The zero-order valence-electron chi connectivity index (χ0n) is 10.3. The number of hydrogen-bond acceptors (Lipinski definition) is 5. The van der Waals surface area contributed by atoms with Crippen LogP contribution in [0.25, 0.3) is 0 Å². The minimum absolute atomic E-state index is 0.379. The lowest BCUT2D eigenvalue weighted by atomic mass is 10.3. The molecule has 8 heteroatoms. The van der Waals surface area contributed by atoms with Gasteiger partial charge in [-0.15, -0.1) is 0 Å². The van der Waals surface area contributed by atoms with Crippen molar-refractivity contribution in [3.8, 4) is 0 Å². The normalized spacial score (nSPS) is 10.5. The van der Waals surface area contributed by atoms with Gasteiger partial charge in [0.1, 0.15) is 5.82 Å². The molecule has 102 valence electrons. The number of hydrazine groups is 1. The third-order valence-corrected chi connectivity index (χ3v) is 3.24. The van der Waals surface area contributed by atoms with Crippen LogP contribution in [0, 0.1) is 0 Å². The number of aromatic nitrogens is 3. The monoisotopic (exact) mass is 300 g/mol. The summed E-state index contributed by atoms with van der Waals surface area (Å²) in [6.07, 6.45) is 2.57. The number of nitrogens with zero attached hydrogens (tertiary/aromatic N) is 3. The van der Waals surface area contributed by atoms with Crippen molar-refractivity contribution in [2.75, 3.05) is 17.3 Å². The summed E-state index contributed by atoms with van der Waals surface area (Å²) in [7, 11) is 1.90. The summed E-state index contributed by atoms with van der Waals surface area (Å²) in [5.74, 6) is 6.24. The first-order chi connectivity index (χ1) is 9.11. The van der Waals surface area contributed by atoms with Crippen LogP contribution in [0.4, 0.5) is 11.6 Å². The molecule has 2 rings (SSSR count). The fraction of sp³-hybridized carbons (Fsp3) is 0.273. The van der Waals surface area contributed by atoms with E-state index in [2.05, 4.69) is 20.8 Å². The lowest BCUT2D eigenvalue weighted by Crippen LogP contribution is -2.13. The van der Waals surface area contributed by atoms with E-state index in [1.807, 2.05) is 17.8 Å². The first-order valence-corrected chi connectivity index (χ1v) is 6.41. The average molecular weight is 301 g/mol. The molecule has 2 aromatic heterocycles. The standard InChI is InChI=1S/C11H14Cl2N6/c1-19-7(3-5-16-19)2-4-15-10-8(12)6-9(13)11(17-10)18-14/h3,5-6H,2,4,14H2,1H3,(H2,15,17,18). The van der Waals surface area contributed by atoms with Crippen LogP contribution in [0.15, 0.2) is 18.3 Å².